The lowest BCUT2D eigenvalue weighted by Gasteiger charge is -2.32. The molecule has 7 nitrogen and oxygen atoms in total. The molecule has 0 aliphatic carbocycles. The smallest absolute Gasteiger partial charge is 0.321 e. The summed E-state index contributed by atoms with van der Waals surface area (Å²) in [6.07, 6.45) is 2.88. The second-order valence-electron chi connectivity index (χ2n) is 6.34. The standard InChI is InChI=1S/C18H21ClN4O3/c1-12-3-4-14(19)16(11-12)26-13-6-9-23(10-7-13)18(25)21-15-5-8-20-22(2)17(15)24/h3-5,8,11,13H,6-7,9-10H2,1-2H3,(H,21,25). The Balaban J connectivity index is 1.56. The highest BCUT2D eigenvalue weighted by atomic mass is 35.5. The lowest BCUT2D eigenvalue weighted by Crippen LogP contribution is -2.44. The van der Waals surface area contributed by atoms with Crippen LogP contribution in [0.5, 0.6) is 5.75 Å². The van der Waals surface area contributed by atoms with E-state index in [4.69, 9.17) is 16.3 Å². The summed E-state index contributed by atoms with van der Waals surface area (Å²) >= 11 is 6.18. The topological polar surface area (TPSA) is 76.5 Å². The van der Waals surface area contributed by atoms with Crippen LogP contribution in [0, 0.1) is 6.92 Å². The molecular formula is C18H21ClN4O3. The van der Waals surface area contributed by atoms with E-state index in [1.807, 2.05) is 25.1 Å². The molecule has 3 rings (SSSR count). The number of rotatable bonds is 3. The number of carbonyl (C=O) groups is 1. The molecule has 8 heteroatoms. The van der Waals surface area contributed by atoms with Crippen molar-refractivity contribution in [2.24, 2.45) is 7.05 Å². The van der Waals surface area contributed by atoms with Gasteiger partial charge in [-0.05, 0) is 30.7 Å². The highest BCUT2D eigenvalue weighted by molar-refractivity contribution is 6.32. The molecule has 0 saturated carbocycles. The number of aromatic nitrogens is 2. The maximum atomic E-state index is 12.4. The minimum Gasteiger partial charge on any atom is -0.489 e. The molecule has 1 N–H and O–H groups in total. The molecule has 0 bridgehead atoms. The maximum Gasteiger partial charge on any atom is 0.321 e. The van der Waals surface area contributed by atoms with E-state index in [1.54, 1.807) is 4.90 Å². The van der Waals surface area contributed by atoms with Crippen molar-refractivity contribution in [2.45, 2.75) is 25.9 Å². The fourth-order valence-corrected chi connectivity index (χ4v) is 3.01. The van der Waals surface area contributed by atoms with Crippen molar-refractivity contribution in [2.75, 3.05) is 18.4 Å². The van der Waals surface area contributed by atoms with Crippen LogP contribution in [-0.2, 0) is 7.05 Å². The fourth-order valence-electron chi connectivity index (χ4n) is 2.85. The van der Waals surface area contributed by atoms with Gasteiger partial charge in [-0.15, -0.1) is 0 Å². The van der Waals surface area contributed by atoms with Crippen LogP contribution in [0.1, 0.15) is 18.4 Å². The van der Waals surface area contributed by atoms with Crippen LogP contribution in [0.15, 0.2) is 35.3 Å². The number of aryl methyl sites for hydroxylation is 2. The average molecular weight is 377 g/mol. The van der Waals surface area contributed by atoms with Crippen molar-refractivity contribution in [3.63, 3.8) is 0 Å². The van der Waals surface area contributed by atoms with Crippen molar-refractivity contribution in [3.05, 3.63) is 51.4 Å². The number of nitrogens with zero attached hydrogens (tertiary/aromatic N) is 3. The maximum absolute atomic E-state index is 12.4. The second-order valence-corrected chi connectivity index (χ2v) is 6.75. The Labute approximate surface area is 156 Å². The van der Waals surface area contributed by atoms with Gasteiger partial charge in [0.25, 0.3) is 5.56 Å². The predicted molar refractivity (Wildman–Crippen MR) is 99.9 cm³/mol. The van der Waals surface area contributed by atoms with Crippen LogP contribution in [0.25, 0.3) is 0 Å². The lowest BCUT2D eigenvalue weighted by molar-refractivity contribution is 0.115. The van der Waals surface area contributed by atoms with E-state index in [9.17, 15) is 9.59 Å². The van der Waals surface area contributed by atoms with Gasteiger partial charge in [0.15, 0.2) is 0 Å². The van der Waals surface area contributed by atoms with Gasteiger partial charge in [-0.25, -0.2) is 9.48 Å². The molecule has 1 aromatic carbocycles. The molecule has 2 amide bonds. The normalized spacial score (nSPS) is 15.0. The van der Waals surface area contributed by atoms with Crippen LogP contribution in [0.3, 0.4) is 0 Å². The summed E-state index contributed by atoms with van der Waals surface area (Å²) in [4.78, 5) is 26.0. The van der Waals surface area contributed by atoms with E-state index in [-0.39, 0.29) is 23.4 Å². The van der Waals surface area contributed by atoms with Gasteiger partial charge in [0.1, 0.15) is 17.5 Å². The molecule has 26 heavy (non-hydrogen) atoms. The quantitative estimate of drug-likeness (QED) is 0.893. The molecule has 1 aromatic heterocycles. The predicted octanol–water partition coefficient (Wildman–Crippen LogP) is 2.82. The van der Waals surface area contributed by atoms with Crippen molar-refractivity contribution in [1.29, 1.82) is 0 Å². The number of hydrogen-bond acceptors (Lipinski definition) is 4. The molecule has 0 radical (unpaired) electrons. The molecule has 1 fully saturated rings. The second kappa shape index (κ2) is 7.78. The first-order chi connectivity index (χ1) is 12.4. The Morgan fingerprint density at radius 1 is 1.31 bits per heavy atom. The number of halogens is 1. The summed E-state index contributed by atoms with van der Waals surface area (Å²) in [6, 6.07) is 6.88. The van der Waals surface area contributed by atoms with E-state index < -0.39 is 0 Å². The number of piperidine rings is 1. The van der Waals surface area contributed by atoms with Crippen molar-refractivity contribution in [3.8, 4) is 5.75 Å². The molecule has 1 aliphatic rings. The zero-order valence-corrected chi connectivity index (χ0v) is 15.5. The number of hydrogen-bond donors (Lipinski definition) is 1. The minimum atomic E-state index is -0.340. The summed E-state index contributed by atoms with van der Waals surface area (Å²) in [6.45, 7) is 3.08. The van der Waals surface area contributed by atoms with Crippen LogP contribution >= 0.6 is 11.6 Å². The van der Waals surface area contributed by atoms with E-state index in [0.29, 0.717) is 36.7 Å². The van der Waals surface area contributed by atoms with E-state index in [1.165, 1.54) is 24.0 Å². The number of carbonyl (C=O) groups excluding carboxylic acids is 1. The summed E-state index contributed by atoms with van der Waals surface area (Å²) in [5.41, 5.74) is 0.964. The van der Waals surface area contributed by atoms with Crippen LogP contribution in [0.4, 0.5) is 10.5 Å². The Hall–Kier alpha value is -2.54. The van der Waals surface area contributed by atoms with Gasteiger partial charge in [-0.2, -0.15) is 5.10 Å². The number of amides is 2. The Morgan fingerprint density at radius 3 is 2.77 bits per heavy atom. The molecule has 1 aliphatic heterocycles. The number of urea groups is 1. The monoisotopic (exact) mass is 376 g/mol. The van der Waals surface area contributed by atoms with Gasteiger partial charge in [-0.1, -0.05) is 17.7 Å². The zero-order chi connectivity index (χ0) is 18.7. The van der Waals surface area contributed by atoms with Crippen molar-refractivity contribution >= 4 is 23.3 Å². The van der Waals surface area contributed by atoms with E-state index >= 15 is 0 Å². The SMILES string of the molecule is Cc1ccc(Cl)c(OC2CCN(C(=O)Nc3ccnn(C)c3=O)CC2)c1. The van der Waals surface area contributed by atoms with Gasteiger partial charge in [0.2, 0.25) is 0 Å². The van der Waals surface area contributed by atoms with E-state index in [2.05, 4.69) is 10.4 Å². The molecule has 0 unspecified atom stereocenters. The van der Waals surface area contributed by atoms with Crippen LogP contribution < -0.4 is 15.6 Å². The lowest BCUT2D eigenvalue weighted by atomic mass is 10.1. The minimum absolute atomic E-state index is 0.00662. The largest absolute Gasteiger partial charge is 0.489 e. The van der Waals surface area contributed by atoms with Gasteiger partial charge < -0.3 is 15.0 Å². The number of benzene rings is 1. The summed E-state index contributed by atoms with van der Waals surface area (Å²) in [5, 5.41) is 7.08. The Morgan fingerprint density at radius 2 is 2.04 bits per heavy atom. The van der Waals surface area contributed by atoms with Crippen LogP contribution in [-0.4, -0.2) is 39.9 Å². The number of likely N-dealkylation sites (tertiary alicyclic amines) is 1. The van der Waals surface area contributed by atoms with Gasteiger partial charge in [-0.3, -0.25) is 4.79 Å². The molecule has 0 atom stereocenters. The van der Waals surface area contributed by atoms with E-state index in [0.717, 1.165) is 5.56 Å². The van der Waals surface area contributed by atoms with Gasteiger partial charge >= 0.3 is 6.03 Å². The highest BCUT2D eigenvalue weighted by Gasteiger charge is 2.25. The number of nitrogens with one attached hydrogen (secondary N) is 1. The first-order valence-electron chi connectivity index (χ1n) is 8.45. The van der Waals surface area contributed by atoms with Crippen molar-refractivity contribution in [1.82, 2.24) is 14.7 Å². The Bertz CT molecular complexity index is 860. The number of ether oxygens (including phenoxy) is 1. The highest BCUT2D eigenvalue weighted by Crippen LogP contribution is 2.28. The molecule has 0 spiro atoms. The molecule has 138 valence electrons. The molecule has 1 saturated heterocycles. The van der Waals surface area contributed by atoms with Crippen LogP contribution in [0.2, 0.25) is 5.02 Å². The first-order valence-corrected chi connectivity index (χ1v) is 8.83. The Kier molecular flexibility index (Phi) is 5.46. The molecular weight excluding hydrogens is 356 g/mol. The third-order valence-corrected chi connectivity index (χ3v) is 4.67. The fraction of sp³-hybridized carbons (Fsp3) is 0.389. The first kappa shape index (κ1) is 18.3. The number of anilines is 1. The summed E-state index contributed by atoms with van der Waals surface area (Å²) in [7, 11) is 1.54. The van der Waals surface area contributed by atoms with Crippen molar-refractivity contribution < 1.29 is 9.53 Å². The zero-order valence-electron chi connectivity index (χ0n) is 14.7. The molecule has 2 heterocycles. The third-order valence-electron chi connectivity index (χ3n) is 4.36. The van der Waals surface area contributed by atoms with Gasteiger partial charge in [0, 0.05) is 39.2 Å². The third kappa shape index (κ3) is 4.16. The summed E-state index contributed by atoms with van der Waals surface area (Å²) in [5.74, 6) is 0.676. The average Bonchev–Trinajstić information content (AvgIpc) is 2.62. The summed E-state index contributed by atoms with van der Waals surface area (Å²) < 4.78 is 7.18. The molecule has 2 aromatic rings. The van der Waals surface area contributed by atoms with Gasteiger partial charge in [0.05, 0.1) is 5.02 Å².